The first-order valence-electron chi connectivity index (χ1n) is 8.05. The summed E-state index contributed by atoms with van der Waals surface area (Å²) in [6, 6.07) is 7.58. The topological polar surface area (TPSA) is 96.8 Å². The molecule has 0 unspecified atom stereocenters. The van der Waals surface area contributed by atoms with Gasteiger partial charge in [-0.1, -0.05) is 29.8 Å². The molecule has 1 N–H and O–H groups in total. The summed E-state index contributed by atoms with van der Waals surface area (Å²) in [6.07, 6.45) is 4.45. The van der Waals surface area contributed by atoms with Crippen LogP contribution in [0.1, 0.15) is 5.56 Å². The molecule has 4 aromatic rings. The van der Waals surface area contributed by atoms with Crippen LogP contribution in [0.4, 0.5) is 0 Å². The molecule has 5 rings (SSSR count). The highest BCUT2D eigenvalue weighted by Crippen LogP contribution is 2.36. The lowest BCUT2D eigenvalue weighted by atomic mass is 10.0. The standard InChI is InChI=1S/C18H11ClN6O2/c1-24-17(26)12(10-6-20-11-5-3-2-4-9(10)11)14(18(24)27)25-8-23-13-15(19)21-7-22-16(13)25/h2-8,20H,1H3. The maximum Gasteiger partial charge on any atom is 0.278 e. The van der Waals surface area contributed by atoms with E-state index in [2.05, 4.69) is 19.9 Å². The Morgan fingerprint density at radius 2 is 1.89 bits per heavy atom. The van der Waals surface area contributed by atoms with E-state index in [1.807, 2.05) is 24.3 Å². The summed E-state index contributed by atoms with van der Waals surface area (Å²) in [5.41, 5.74) is 2.71. The van der Waals surface area contributed by atoms with Crippen molar-refractivity contribution in [3.8, 4) is 0 Å². The van der Waals surface area contributed by atoms with Gasteiger partial charge in [-0.05, 0) is 6.07 Å². The van der Waals surface area contributed by atoms with Crippen molar-refractivity contribution in [2.24, 2.45) is 0 Å². The number of hydrogen-bond donors (Lipinski definition) is 1. The number of aromatic amines is 1. The second-order valence-corrected chi connectivity index (χ2v) is 6.45. The lowest BCUT2D eigenvalue weighted by molar-refractivity contribution is -0.134. The first-order chi connectivity index (χ1) is 13.1. The van der Waals surface area contributed by atoms with Crippen LogP contribution >= 0.6 is 11.6 Å². The number of rotatable bonds is 2. The van der Waals surface area contributed by atoms with E-state index in [1.54, 1.807) is 6.20 Å². The fourth-order valence-corrected chi connectivity index (χ4v) is 3.52. The Bertz CT molecular complexity index is 1300. The van der Waals surface area contributed by atoms with Crippen LogP contribution in [-0.4, -0.2) is 48.3 Å². The van der Waals surface area contributed by atoms with E-state index in [4.69, 9.17) is 11.6 Å². The second-order valence-electron chi connectivity index (χ2n) is 6.09. The summed E-state index contributed by atoms with van der Waals surface area (Å²) in [5.74, 6) is -0.823. The molecule has 3 aromatic heterocycles. The average Bonchev–Trinajstić information content (AvgIpc) is 3.34. The molecule has 0 saturated heterocycles. The maximum atomic E-state index is 12.9. The first-order valence-corrected chi connectivity index (χ1v) is 8.43. The number of imidazole rings is 1. The van der Waals surface area contributed by atoms with Crippen LogP contribution in [0.2, 0.25) is 5.15 Å². The van der Waals surface area contributed by atoms with E-state index in [1.165, 1.54) is 24.3 Å². The highest BCUT2D eigenvalue weighted by atomic mass is 35.5. The van der Waals surface area contributed by atoms with Crippen molar-refractivity contribution in [2.75, 3.05) is 7.05 Å². The molecule has 132 valence electrons. The Morgan fingerprint density at radius 3 is 2.74 bits per heavy atom. The summed E-state index contributed by atoms with van der Waals surface area (Å²) < 4.78 is 1.49. The van der Waals surface area contributed by atoms with Gasteiger partial charge in [-0.3, -0.25) is 19.1 Å². The van der Waals surface area contributed by atoms with E-state index in [-0.39, 0.29) is 22.3 Å². The molecular formula is C18H11ClN6O2. The number of carbonyl (C=O) groups is 2. The van der Waals surface area contributed by atoms with Crippen molar-refractivity contribution in [3.05, 3.63) is 53.8 Å². The van der Waals surface area contributed by atoms with Gasteiger partial charge in [-0.25, -0.2) is 15.0 Å². The number of carbonyl (C=O) groups excluding carboxylic acids is 2. The maximum absolute atomic E-state index is 12.9. The summed E-state index contributed by atoms with van der Waals surface area (Å²) in [5, 5.41) is 1.02. The SMILES string of the molecule is CN1C(=O)C(c2c[nH]c3ccccc23)=C(n2cnc3c(Cl)ncnc32)C1=O. The number of aromatic nitrogens is 5. The molecule has 0 spiro atoms. The molecule has 0 radical (unpaired) electrons. The van der Waals surface area contributed by atoms with Crippen LogP contribution in [0.3, 0.4) is 0 Å². The Balaban J connectivity index is 1.86. The van der Waals surface area contributed by atoms with Gasteiger partial charge >= 0.3 is 0 Å². The largest absolute Gasteiger partial charge is 0.361 e. The number of halogens is 1. The molecule has 0 atom stereocenters. The number of likely N-dealkylation sites (N-methyl/N-ethyl adjacent to an activating group) is 1. The molecule has 9 heteroatoms. The van der Waals surface area contributed by atoms with E-state index in [9.17, 15) is 9.59 Å². The van der Waals surface area contributed by atoms with Gasteiger partial charge in [0.05, 0.1) is 5.57 Å². The molecule has 8 nitrogen and oxygen atoms in total. The van der Waals surface area contributed by atoms with E-state index in [0.717, 1.165) is 15.8 Å². The summed E-state index contributed by atoms with van der Waals surface area (Å²) >= 11 is 6.07. The van der Waals surface area contributed by atoms with Crippen molar-refractivity contribution < 1.29 is 9.59 Å². The van der Waals surface area contributed by atoms with Crippen molar-refractivity contribution in [2.45, 2.75) is 0 Å². The van der Waals surface area contributed by atoms with Gasteiger partial charge in [0.25, 0.3) is 11.8 Å². The molecule has 1 aromatic carbocycles. The molecule has 0 fully saturated rings. The lowest BCUT2D eigenvalue weighted by Crippen LogP contribution is -2.27. The summed E-state index contributed by atoms with van der Waals surface area (Å²) in [7, 11) is 1.45. The fraction of sp³-hybridized carbons (Fsp3) is 0.0556. The van der Waals surface area contributed by atoms with Crippen LogP contribution in [-0.2, 0) is 9.59 Å². The number of nitrogens with zero attached hydrogens (tertiary/aromatic N) is 5. The zero-order chi connectivity index (χ0) is 18.7. The quantitative estimate of drug-likeness (QED) is 0.426. The number of fused-ring (bicyclic) bond motifs is 2. The molecule has 27 heavy (non-hydrogen) atoms. The van der Waals surface area contributed by atoms with Crippen LogP contribution in [0, 0.1) is 0 Å². The zero-order valence-electron chi connectivity index (χ0n) is 14.0. The van der Waals surface area contributed by atoms with Gasteiger partial charge < -0.3 is 4.98 Å². The van der Waals surface area contributed by atoms with Crippen LogP contribution < -0.4 is 0 Å². The monoisotopic (exact) mass is 378 g/mol. The van der Waals surface area contributed by atoms with Crippen molar-refractivity contribution in [3.63, 3.8) is 0 Å². The molecular weight excluding hydrogens is 368 g/mol. The second kappa shape index (κ2) is 5.49. The van der Waals surface area contributed by atoms with E-state index < -0.39 is 5.91 Å². The van der Waals surface area contributed by atoms with Crippen LogP contribution in [0.5, 0.6) is 0 Å². The molecule has 1 aliphatic heterocycles. The molecule has 2 amide bonds. The molecule has 0 aliphatic carbocycles. The van der Waals surface area contributed by atoms with Crippen molar-refractivity contribution >= 4 is 56.8 Å². The number of H-pyrrole nitrogens is 1. The molecule has 0 saturated carbocycles. The van der Waals surface area contributed by atoms with Gasteiger partial charge in [-0.2, -0.15) is 0 Å². The Hall–Kier alpha value is -3.52. The average molecular weight is 379 g/mol. The minimum Gasteiger partial charge on any atom is -0.361 e. The summed E-state index contributed by atoms with van der Waals surface area (Å²) in [4.78, 5) is 42.3. The molecule has 1 aliphatic rings. The highest BCUT2D eigenvalue weighted by molar-refractivity contribution is 6.47. The minimum absolute atomic E-state index is 0.179. The minimum atomic E-state index is -0.436. The number of hydrogen-bond acceptors (Lipinski definition) is 5. The third-order valence-corrected chi connectivity index (χ3v) is 4.93. The van der Waals surface area contributed by atoms with Crippen LogP contribution in [0.15, 0.2) is 43.1 Å². The number of benzene rings is 1. The number of imide groups is 1. The number of nitrogens with one attached hydrogen (secondary N) is 1. The predicted molar refractivity (Wildman–Crippen MR) is 99.5 cm³/mol. The Kier molecular flexibility index (Phi) is 3.19. The van der Waals surface area contributed by atoms with Crippen molar-refractivity contribution in [1.82, 2.24) is 29.4 Å². The van der Waals surface area contributed by atoms with Crippen LogP contribution in [0.25, 0.3) is 33.3 Å². The predicted octanol–water partition coefficient (Wildman–Crippen LogP) is 2.33. The first kappa shape index (κ1) is 15.7. The molecule has 0 bridgehead atoms. The highest BCUT2D eigenvalue weighted by Gasteiger charge is 2.39. The third kappa shape index (κ3) is 2.07. The van der Waals surface area contributed by atoms with Crippen molar-refractivity contribution in [1.29, 1.82) is 0 Å². The normalized spacial score (nSPS) is 15.0. The van der Waals surface area contributed by atoms with Gasteiger partial charge in [0.2, 0.25) is 0 Å². The zero-order valence-corrected chi connectivity index (χ0v) is 14.7. The third-order valence-electron chi connectivity index (χ3n) is 4.65. The van der Waals surface area contributed by atoms with Gasteiger partial charge in [0.15, 0.2) is 10.8 Å². The summed E-state index contributed by atoms with van der Waals surface area (Å²) in [6.45, 7) is 0. The van der Waals surface area contributed by atoms with Gasteiger partial charge in [-0.15, -0.1) is 0 Å². The number of para-hydroxylation sites is 1. The number of amides is 2. The molecule has 4 heterocycles. The van der Waals surface area contributed by atoms with E-state index in [0.29, 0.717) is 16.7 Å². The van der Waals surface area contributed by atoms with E-state index >= 15 is 0 Å². The Labute approximate surface area is 157 Å². The Morgan fingerprint density at radius 1 is 1.07 bits per heavy atom. The van der Waals surface area contributed by atoms with Gasteiger partial charge in [0, 0.05) is 29.7 Å². The fourth-order valence-electron chi connectivity index (χ4n) is 3.34. The smallest absolute Gasteiger partial charge is 0.278 e. The van der Waals surface area contributed by atoms with Gasteiger partial charge in [0.1, 0.15) is 23.9 Å². The lowest BCUT2D eigenvalue weighted by Gasteiger charge is -2.07.